The first-order chi connectivity index (χ1) is 13.7. The second kappa shape index (κ2) is 10.8. The van der Waals surface area contributed by atoms with Gasteiger partial charge in [0.15, 0.2) is 11.5 Å². The van der Waals surface area contributed by atoms with Gasteiger partial charge in [0, 0.05) is 37.2 Å². The van der Waals surface area contributed by atoms with Crippen molar-refractivity contribution in [1.82, 2.24) is 10.2 Å². The third kappa shape index (κ3) is 6.21. The van der Waals surface area contributed by atoms with Crippen LogP contribution in [0, 0.1) is 6.92 Å². The lowest BCUT2D eigenvalue weighted by Crippen LogP contribution is -2.40. The molecule has 2 aromatic rings. The van der Waals surface area contributed by atoms with Crippen molar-refractivity contribution in [3.05, 3.63) is 57.6 Å². The van der Waals surface area contributed by atoms with E-state index >= 15 is 0 Å². The molecule has 0 unspecified atom stereocenters. The lowest BCUT2D eigenvalue weighted by molar-refractivity contribution is 0.0384. The topological polar surface area (TPSA) is 43.0 Å². The Kier molecular flexibility index (Phi) is 8.15. The second-order valence-electron chi connectivity index (χ2n) is 7.00. The minimum Gasteiger partial charge on any atom is -0.493 e. The maximum atomic E-state index is 6.02. The second-order valence-corrected chi connectivity index (χ2v) is 7.86. The van der Waals surface area contributed by atoms with Crippen molar-refractivity contribution in [3.8, 4) is 11.5 Å². The number of methoxy groups -OCH3 is 1. The number of rotatable bonds is 9. The van der Waals surface area contributed by atoms with E-state index in [0.29, 0.717) is 6.61 Å². The van der Waals surface area contributed by atoms with Crippen LogP contribution in [0.15, 0.2) is 40.9 Å². The summed E-state index contributed by atoms with van der Waals surface area (Å²) in [5.74, 6) is 1.49. The van der Waals surface area contributed by atoms with Gasteiger partial charge in [-0.3, -0.25) is 4.90 Å². The summed E-state index contributed by atoms with van der Waals surface area (Å²) in [6.45, 7) is 9.08. The van der Waals surface area contributed by atoms with Crippen molar-refractivity contribution in [2.75, 3.05) is 46.5 Å². The van der Waals surface area contributed by atoms with Gasteiger partial charge in [0.25, 0.3) is 0 Å². The first-order valence-corrected chi connectivity index (χ1v) is 10.5. The average molecular weight is 449 g/mol. The molecule has 1 aliphatic rings. The van der Waals surface area contributed by atoms with Gasteiger partial charge in [0.1, 0.15) is 6.61 Å². The van der Waals surface area contributed by atoms with Crippen LogP contribution < -0.4 is 14.8 Å². The molecule has 0 bridgehead atoms. The van der Waals surface area contributed by atoms with E-state index in [9.17, 15) is 0 Å². The quantitative estimate of drug-likeness (QED) is 0.591. The Morgan fingerprint density at radius 2 is 1.96 bits per heavy atom. The van der Waals surface area contributed by atoms with E-state index in [2.05, 4.69) is 51.3 Å². The number of morpholine rings is 1. The number of nitrogens with one attached hydrogen (secondary N) is 1. The molecule has 28 heavy (non-hydrogen) atoms. The van der Waals surface area contributed by atoms with E-state index in [0.717, 1.165) is 73.0 Å². The summed E-state index contributed by atoms with van der Waals surface area (Å²) in [5.41, 5.74) is 3.53. The highest BCUT2D eigenvalue weighted by atomic mass is 79.9. The molecule has 1 aliphatic heterocycles. The minimum atomic E-state index is 0.516. The zero-order valence-corrected chi connectivity index (χ0v) is 18.3. The summed E-state index contributed by atoms with van der Waals surface area (Å²) < 4.78 is 18.0. The van der Waals surface area contributed by atoms with Crippen molar-refractivity contribution in [2.45, 2.75) is 20.1 Å². The number of halogens is 1. The Bertz CT molecular complexity index is 763. The number of benzene rings is 2. The number of hydrogen-bond acceptors (Lipinski definition) is 5. The third-order valence-electron chi connectivity index (χ3n) is 4.83. The summed E-state index contributed by atoms with van der Waals surface area (Å²) in [7, 11) is 1.68. The standard InChI is InChI=1S/C22H29BrN2O3/c1-17-4-3-5-18(12-17)16-28-22-14-20(23)19(13-21(22)26-2)15-24-6-7-25-8-10-27-11-9-25/h3-5,12-14,24H,6-11,15-16H2,1-2H3. The molecule has 1 saturated heterocycles. The highest BCUT2D eigenvalue weighted by Crippen LogP contribution is 2.34. The van der Waals surface area contributed by atoms with Crippen LogP contribution in [0.2, 0.25) is 0 Å². The smallest absolute Gasteiger partial charge is 0.162 e. The van der Waals surface area contributed by atoms with Crippen molar-refractivity contribution < 1.29 is 14.2 Å². The van der Waals surface area contributed by atoms with Crippen molar-refractivity contribution in [3.63, 3.8) is 0 Å². The Labute approximate surface area is 176 Å². The fourth-order valence-electron chi connectivity index (χ4n) is 3.23. The molecule has 0 atom stereocenters. The van der Waals surface area contributed by atoms with E-state index in [-0.39, 0.29) is 0 Å². The normalized spacial score (nSPS) is 14.8. The molecular formula is C22H29BrN2O3. The largest absolute Gasteiger partial charge is 0.493 e. The van der Waals surface area contributed by atoms with Gasteiger partial charge in [0.05, 0.1) is 20.3 Å². The van der Waals surface area contributed by atoms with Gasteiger partial charge < -0.3 is 19.5 Å². The molecule has 0 aliphatic carbocycles. The lowest BCUT2D eigenvalue weighted by Gasteiger charge is -2.26. The molecule has 6 heteroatoms. The predicted octanol–water partition coefficient (Wildman–Crippen LogP) is 3.77. The van der Waals surface area contributed by atoms with Crippen molar-refractivity contribution in [2.24, 2.45) is 0 Å². The Morgan fingerprint density at radius 3 is 2.71 bits per heavy atom. The van der Waals surface area contributed by atoms with Crippen LogP contribution in [0.4, 0.5) is 0 Å². The molecule has 152 valence electrons. The van der Waals surface area contributed by atoms with E-state index in [4.69, 9.17) is 14.2 Å². The molecule has 0 radical (unpaired) electrons. The first kappa shape index (κ1) is 21.1. The van der Waals surface area contributed by atoms with E-state index in [1.54, 1.807) is 7.11 Å². The molecule has 0 amide bonds. The summed E-state index contributed by atoms with van der Waals surface area (Å²) in [4.78, 5) is 2.42. The SMILES string of the molecule is COc1cc(CNCCN2CCOCC2)c(Br)cc1OCc1cccc(C)c1. The van der Waals surface area contributed by atoms with Gasteiger partial charge in [-0.05, 0) is 30.2 Å². The fourth-order valence-corrected chi connectivity index (χ4v) is 3.70. The number of hydrogen-bond donors (Lipinski definition) is 1. The van der Waals surface area contributed by atoms with Gasteiger partial charge in [-0.15, -0.1) is 0 Å². The van der Waals surface area contributed by atoms with Gasteiger partial charge in [0.2, 0.25) is 0 Å². The lowest BCUT2D eigenvalue weighted by atomic mass is 10.1. The number of aryl methyl sites for hydroxylation is 1. The third-order valence-corrected chi connectivity index (χ3v) is 5.57. The predicted molar refractivity (Wildman–Crippen MR) is 115 cm³/mol. The van der Waals surface area contributed by atoms with E-state index in [1.165, 1.54) is 5.56 Å². The summed E-state index contributed by atoms with van der Waals surface area (Å²) >= 11 is 3.67. The molecule has 0 spiro atoms. The van der Waals surface area contributed by atoms with Crippen molar-refractivity contribution >= 4 is 15.9 Å². The summed E-state index contributed by atoms with van der Waals surface area (Å²) in [5, 5.41) is 3.52. The van der Waals surface area contributed by atoms with Gasteiger partial charge in [-0.2, -0.15) is 0 Å². The Morgan fingerprint density at radius 1 is 1.14 bits per heavy atom. The summed E-state index contributed by atoms with van der Waals surface area (Å²) in [6, 6.07) is 12.4. The highest BCUT2D eigenvalue weighted by Gasteiger charge is 2.12. The molecule has 3 rings (SSSR count). The van der Waals surface area contributed by atoms with Gasteiger partial charge in [-0.25, -0.2) is 0 Å². The molecule has 0 saturated carbocycles. The van der Waals surface area contributed by atoms with Crippen LogP contribution in [-0.2, 0) is 17.9 Å². The average Bonchev–Trinajstić information content (AvgIpc) is 2.71. The fraction of sp³-hybridized carbons (Fsp3) is 0.455. The van der Waals surface area contributed by atoms with Crippen LogP contribution in [0.5, 0.6) is 11.5 Å². The minimum absolute atomic E-state index is 0.516. The monoisotopic (exact) mass is 448 g/mol. The first-order valence-electron chi connectivity index (χ1n) is 9.71. The van der Waals surface area contributed by atoms with Crippen LogP contribution in [0.25, 0.3) is 0 Å². The van der Waals surface area contributed by atoms with Gasteiger partial charge >= 0.3 is 0 Å². The van der Waals surface area contributed by atoms with Crippen LogP contribution in [-0.4, -0.2) is 51.4 Å². The number of nitrogens with zero attached hydrogens (tertiary/aromatic N) is 1. The molecule has 5 nitrogen and oxygen atoms in total. The summed E-state index contributed by atoms with van der Waals surface area (Å²) in [6.07, 6.45) is 0. The Balaban J connectivity index is 1.54. The Hall–Kier alpha value is -1.60. The molecule has 1 N–H and O–H groups in total. The van der Waals surface area contributed by atoms with Crippen LogP contribution in [0.3, 0.4) is 0 Å². The molecule has 2 aromatic carbocycles. The van der Waals surface area contributed by atoms with Gasteiger partial charge in [-0.1, -0.05) is 45.8 Å². The zero-order chi connectivity index (χ0) is 19.8. The molecule has 0 aromatic heterocycles. The molecule has 1 fully saturated rings. The van der Waals surface area contributed by atoms with Crippen LogP contribution >= 0.6 is 15.9 Å². The van der Waals surface area contributed by atoms with Crippen LogP contribution in [0.1, 0.15) is 16.7 Å². The maximum absolute atomic E-state index is 6.02. The highest BCUT2D eigenvalue weighted by molar-refractivity contribution is 9.10. The maximum Gasteiger partial charge on any atom is 0.162 e. The number of ether oxygens (including phenoxy) is 3. The van der Waals surface area contributed by atoms with E-state index < -0.39 is 0 Å². The zero-order valence-electron chi connectivity index (χ0n) is 16.7. The molecular weight excluding hydrogens is 420 g/mol. The van der Waals surface area contributed by atoms with E-state index in [1.807, 2.05) is 18.2 Å². The van der Waals surface area contributed by atoms with Crippen molar-refractivity contribution in [1.29, 1.82) is 0 Å². The molecule has 1 heterocycles.